The second-order valence-corrected chi connectivity index (χ2v) is 4.46. The van der Waals surface area contributed by atoms with Crippen LogP contribution < -0.4 is 0 Å². The number of nitrogens with zero attached hydrogens (tertiary/aromatic N) is 3. The maximum Gasteiger partial charge on any atom is 0.108 e. The Morgan fingerprint density at radius 2 is 2.43 bits per heavy atom. The van der Waals surface area contributed by atoms with Gasteiger partial charge in [-0.25, -0.2) is 0 Å². The quantitative estimate of drug-likeness (QED) is 0.814. The number of halogens is 1. The molecular weight excluding hydrogens is 242 g/mol. The molecule has 0 aliphatic heterocycles. The van der Waals surface area contributed by atoms with Crippen molar-refractivity contribution in [2.75, 3.05) is 0 Å². The highest BCUT2D eigenvalue weighted by molar-refractivity contribution is 9.10. The number of nitriles is 1. The molecule has 0 unspecified atom stereocenters. The smallest absolute Gasteiger partial charge is 0.108 e. The van der Waals surface area contributed by atoms with Crippen LogP contribution in [0.4, 0.5) is 0 Å². The van der Waals surface area contributed by atoms with E-state index in [1.165, 1.54) is 0 Å². The Balaban J connectivity index is 2.42. The van der Waals surface area contributed by atoms with E-state index >= 15 is 0 Å². The van der Waals surface area contributed by atoms with Crippen LogP contribution >= 0.6 is 15.9 Å². The third kappa shape index (κ3) is 1.19. The van der Waals surface area contributed by atoms with Gasteiger partial charge in [0.2, 0.25) is 0 Å². The number of aryl methyl sites for hydroxylation is 1. The summed E-state index contributed by atoms with van der Waals surface area (Å²) < 4.78 is 2.86. The van der Waals surface area contributed by atoms with Gasteiger partial charge in [0.1, 0.15) is 4.60 Å². The second-order valence-electron chi connectivity index (χ2n) is 3.71. The van der Waals surface area contributed by atoms with Crippen molar-refractivity contribution in [1.82, 2.24) is 9.78 Å². The predicted molar refractivity (Wildman–Crippen MR) is 56.7 cm³/mol. The van der Waals surface area contributed by atoms with E-state index in [4.69, 9.17) is 0 Å². The minimum Gasteiger partial charge on any atom is -0.258 e. The van der Waals surface area contributed by atoms with Crippen molar-refractivity contribution in [2.45, 2.75) is 38.1 Å². The van der Waals surface area contributed by atoms with Gasteiger partial charge in [0.25, 0.3) is 0 Å². The highest BCUT2D eigenvalue weighted by Gasteiger charge is 2.41. The molecule has 0 spiro atoms. The summed E-state index contributed by atoms with van der Waals surface area (Å²) in [4.78, 5) is 0. The molecule has 0 atom stereocenters. The zero-order valence-corrected chi connectivity index (χ0v) is 9.71. The lowest BCUT2D eigenvalue weighted by Crippen LogP contribution is -2.32. The van der Waals surface area contributed by atoms with Crippen molar-refractivity contribution in [1.29, 1.82) is 5.26 Å². The lowest BCUT2D eigenvalue weighted by molar-refractivity contribution is 0.322. The summed E-state index contributed by atoms with van der Waals surface area (Å²) in [5.41, 5.74) is 0.805. The Labute approximate surface area is 91.8 Å². The molecule has 0 N–H and O–H groups in total. The minimum atomic E-state index is -0.258. The van der Waals surface area contributed by atoms with E-state index in [0.29, 0.717) is 0 Å². The van der Waals surface area contributed by atoms with Gasteiger partial charge in [-0.05, 0) is 42.1 Å². The van der Waals surface area contributed by atoms with Crippen molar-refractivity contribution in [3.63, 3.8) is 0 Å². The summed E-state index contributed by atoms with van der Waals surface area (Å²) in [6.45, 7) is 2.88. The van der Waals surface area contributed by atoms with Crippen LogP contribution in [0.2, 0.25) is 0 Å². The second kappa shape index (κ2) is 3.39. The summed E-state index contributed by atoms with van der Waals surface area (Å²) in [5.74, 6) is 0. The van der Waals surface area contributed by atoms with Crippen LogP contribution in [0.5, 0.6) is 0 Å². The first-order valence-electron chi connectivity index (χ1n) is 4.86. The van der Waals surface area contributed by atoms with Crippen LogP contribution in [0.1, 0.15) is 31.7 Å². The summed E-state index contributed by atoms with van der Waals surface area (Å²) >= 11 is 3.51. The van der Waals surface area contributed by atoms with E-state index in [9.17, 15) is 5.26 Å². The molecule has 4 heteroatoms. The average molecular weight is 254 g/mol. The molecule has 1 aliphatic rings. The molecule has 14 heavy (non-hydrogen) atoms. The predicted octanol–water partition coefficient (Wildman–Crippen LogP) is 2.61. The van der Waals surface area contributed by atoms with Crippen LogP contribution in [0, 0.1) is 11.3 Å². The molecule has 1 saturated carbocycles. The normalized spacial score (nSPS) is 18.6. The highest BCUT2D eigenvalue weighted by Crippen LogP contribution is 2.45. The summed E-state index contributed by atoms with van der Waals surface area (Å²) in [5, 5.41) is 13.4. The molecule has 0 aromatic carbocycles. The first kappa shape index (κ1) is 9.72. The molecule has 1 aromatic heterocycles. The van der Waals surface area contributed by atoms with Gasteiger partial charge in [0, 0.05) is 12.1 Å². The van der Waals surface area contributed by atoms with E-state index < -0.39 is 0 Å². The van der Waals surface area contributed by atoms with Gasteiger partial charge >= 0.3 is 0 Å². The summed E-state index contributed by atoms with van der Waals surface area (Å²) in [6, 6.07) is 2.43. The lowest BCUT2D eigenvalue weighted by Gasteiger charge is -2.34. The maximum absolute atomic E-state index is 9.19. The third-order valence-electron chi connectivity index (χ3n) is 3.01. The fraction of sp³-hybridized carbons (Fsp3) is 0.600. The number of aromatic nitrogens is 2. The number of hydrogen-bond donors (Lipinski definition) is 0. The van der Waals surface area contributed by atoms with Gasteiger partial charge in [-0.1, -0.05) is 0 Å². The molecule has 1 aliphatic carbocycles. The molecule has 1 heterocycles. The molecule has 0 amide bonds. The van der Waals surface area contributed by atoms with Crippen LogP contribution in [0.3, 0.4) is 0 Å². The Morgan fingerprint density at radius 3 is 2.79 bits per heavy atom. The zero-order chi connectivity index (χ0) is 10.2. The molecule has 1 fully saturated rings. The summed E-state index contributed by atoms with van der Waals surface area (Å²) in [7, 11) is 0. The molecular formula is C10H12BrN3. The molecule has 0 saturated heterocycles. The van der Waals surface area contributed by atoms with Gasteiger partial charge in [-0.3, -0.25) is 4.68 Å². The molecule has 1 aromatic rings. The van der Waals surface area contributed by atoms with Gasteiger partial charge in [0.15, 0.2) is 0 Å². The topological polar surface area (TPSA) is 41.6 Å². The Hall–Kier alpha value is -0.820. The van der Waals surface area contributed by atoms with E-state index in [1.54, 1.807) is 0 Å². The van der Waals surface area contributed by atoms with Gasteiger partial charge < -0.3 is 0 Å². The summed E-state index contributed by atoms with van der Waals surface area (Å²) in [6.07, 6.45) is 4.92. The van der Waals surface area contributed by atoms with E-state index in [-0.39, 0.29) is 5.41 Å². The molecule has 0 radical (unpaired) electrons. The molecule has 74 valence electrons. The van der Waals surface area contributed by atoms with Crippen LogP contribution in [0.15, 0.2) is 10.8 Å². The standard InChI is InChI=1S/C10H12BrN3/c1-2-14-9(11)8(6-13-14)10(7-12)4-3-5-10/h6H,2-5H2,1H3. The lowest BCUT2D eigenvalue weighted by atomic mass is 9.66. The maximum atomic E-state index is 9.19. The minimum absolute atomic E-state index is 0.258. The van der Waals surface area contributed by atoms with Crippen LogP contribution in [-0.2, 0) is 12.0 Å². The van der Waals surface area contributed by atoms with Crippen molar-refractivity contribution < 1.29 is 0 Å². The monoisotopic (exact) mass is 253 g/mol. The van der Waals surface area contributed by atoms with Gasteiger partial charge in [-0.15, -0.1) is 0 Å². The molecule has 0 bridgehead atoms. The Kier molecular flexibility index (Phi) is 2.36. The van der Waals surface area contributed by atoms with E-state index in [2.05, 4.69) is 27.1 Å². The van der Waals surface area contributed by atoms with Crippen molar-refractivity contribution in [3.8, 4) is 6.07 Å². The number of hydrogen-bond acceptors (Lipinski definition) is 2. The van der Waals surface area contributed by atoms with Gasteiger partial charge in [0.05, 0.1) is 17.7 Å². The first-order valence-corrected chi connectivity index (χ1v) is 5.66. The highest BCUT2D eigenvalue weighted by atomic mass is 79.9. The fourth-order valence-electron chi connectivity index (χ4n) is 1.88. The van der Waals surface area contributed by atoms with Crippen LogP contribution in [0.25, 0.3) is 0 Å². The molecule has 3 nitrogen and oxygen atoms in total. The molecule has 2 rings (SSSR count). The first-order chi connectivity index (χ1) is 6.73. The van der Waals surface area contributed by atoms with E-state index in [1.807, 2.05) is 17.8 Å². The van der Waals surface area contributed by atoms with Crippen molar-refractivity contribution in [2.24, 2.45) is 0 Å². The Bertz CT molecular complexity index is 385. The van der Waals surface area contributed by atoms with Crippen molar-refractivity contribution >= 4 is 15.9 Å². The van der Waals surface area contributed by atoms with Crippen LogP contribution in [-0.4, -0.2) is 9.78 Å². The fourth-order valence-corrected chi connectivity index (χ4v) is 2.71. The van der Waals surface area contributed by atoms with Crippen molar-refractivity contribution in [3.05, 3.63) is 16.4 Å². The largest absolute Gasteiger partial charge is 0.258 e. The average Bonchev–Trinajstić information content (AvgIpc) is 2.48. The zero-order valence-electron chi connectivity index (χ0n) is 8.13. The van der Waals surface area contributed by atoms with E-state index in [0.717, 1.165) is 36.0 Å². The Morgan fingerprint density at radius 1 is 1.71 bits per heavy atom. The third-order valence-corrected chi connectivity index (χ3v) is 3.85. The SMILES string of the molecule is CCn1ncc(C2(C#N)CCC2)c1Br. The van der Waals surface area contributed by atoms with Gasteiger partial charge in [-0.2, -0.15) is 10.4 Å². The number of rotatable bonds is 2.